The maximum Gasteiger partial charge on any atom is 0.341 e. The molecule has 0 unspecified atom stereocenters. The molecule has 2 aromatic carbocycles. The molecule has 0 fully saturated rings. The van der Waals surface area contributed by atoms with Crippen LogP contribution in [0.3, 0.4) is 0 Å². The number of carbonyl (C=O) groups is 2. The lowest BCUT2D eigenvalue weighted by molar-refractivity contribution is -0.111. The Bertz CT molecular complexity index is 1090. The molecule has 3 rings (SSSR count). The second-order valence-corrected chi connectivity index (χ2v) is 7.77. The number of ether oxygens (including phenoxy) is 1. The molecule has 1 amide bonds. The van der Waals surface area contributed by atoms with E-state index in [1.807, 2.05) is 13.0 Å². The predicted molar refractivity (Wildman–Crippen MR) is 115 cm³/mol. The van der Waals surface area contributed by atoms with Gasteiger partial charge in [-0.1, -0.05) is 35.9 Å². The zero-order valence-electron chi connectivity index (χ0n) is 15.7. The van der Waals surface area contributed by atoms with Gasteiger partial charge in [0.05, 0.1) is 7.11 Å². The molecular weight excluding hydrogens is 413 g/mol. The van der Waals surface area contributed by atoms with Gasteiger partial charge >= 0.3 is 5.97 Å². The summed E-state index contributed by atoms with van der Waals surface area (Å²) in [7, 11) is 1.27. The van der Waals surface area contributed by atoms with E-state index in [4.69, 9.17) is 16.3 Å². The van der Waals surface area contributed by atoms with Gasteiger partial charge in [0.25, 0.3) is 0 Å². The van der Waals surface area contributed by atoms with Gasteiger partial charge in [-0.3, -0.25) is 4.79 Å². The predicted octanol–water partition coefficient (Wildman–Crippen LogP) is 5.95. The number of halogens is 2. The summed E-state index contributed by atoms with van der Waals surface area (Å²) in [4.78, 5) is 25.6. The number of hydrogen-bond donors (Lipinski definition) is 1. The van der Waals surface area contributed by atoms with Crippen molar-refractivity contribution < 1.29 is 18.7 Å². The lowest BCUT2D eigenvalue weighted by atomic mass is 10.0. The number of anilines is 1. The number of carbonyl (C=O) groups excluding carboxylic acids is 2. The van der Waals surface area contributed by atoms with Crippen LogP contribution in [0.25, 0.3) is 17.2 Å². The van der Waals surface area contributed by atoms with Gasteiger partial charge in [0.15, 0.2) is 0 Å². The number of esters is 1. The molecule has 1 heterocycles. The Morgan fingerprint density at radius 3 is 2.55 bits per heavy atom. The Morgan fingerprint density at radius 2 is 1.90 bits per heavy atom. The summed E-state index contributed by atoms with van der Waals surface area (Å²) in [5.41, 5.74) is 2.29. The topological polar surface area (TPSA) is 55.4 Å². The van der Waals surface area contributed by atoms with Crippen LogP contribution in [0.4, 0.5) is 9.39 Å². The molecule has 0 aliphatic rings. The lowest BCUT2D eigenvalue weighted by Gasteiger charge is -2.07. The molecule has 0 saturated heterocycles. The quantitative estimate of drug-likeness (QED) is 0.402. The third-order valence-electron chi connectivity index (χ3n) is 4.12. The maximum absolute atomic E-state index is 13.3. The van der Waals surface area contributed by atoms with Crippen LogP contribution in [0, 0.1) is 12.7 Å². The summed E-state index contributed by atoms with van der Waals surface area (Å²) in [6, 6.07) is 12.9. The minimum Gasteiger partial charge on any atom is -0.465 e. The largest absolute Gasteiger partial charge is 0.465 e. The van der Waals surface area contributed by atoms with E-state index >= 15 is 0 Å². The molecule has 29 heavy (non-hydrogen) atoms. The maximum atomic E-state index is 13.3. The number of aryl methyl sites for hydroxylation is 1. The van der Waals surface area contributed by atoms with E-state index in [1.54, 1.807) is 36.4 Å². The molecule has 0 aliphatic carbocycles. The zero-order chi connectivity index (χ0) is 21.0. The number of benzene rings is 2. The fraction of sp³-hybridized carbons (Fsp3) is 0.0909. The molecular formula is C22H17ClFNO3S. The van der Waals surface area contributed by atoms with Crippen LogP contribution in [0.15, 0.2) is 54.6 Å². The summed E-state index contributed by atoms with van der Waals surface area (Å²) >= 11 is 7.20. The van der Waals surface area contributed by atoms with Crippen LogP contribution in [-0.4, -0.2) is 19.0 Å². The van der Waals surface area contributed by atoms with Crippen molar-refractivity contribution in [1.29, 1.82) is 0 Å². The second-order valence-electron chi connectivity index (χ2n) is 6.11. The van der Waals surface area contributed by atoms with E-state index in [9.17, 15) is 14.0 Å². The van der Waals surface area contributed by atoms with Crippen molar-refractivity contribution in [1.82, 2.24) is 0 Å². The molecule has 1 N–H and O–H groups in total. The molecule has 3 aromatic rings. The van der Waals surface area contributed by atoms with Gasteiger partial charge < -0.3 is 10.1 Å². The highest BCUT2D eigenvalue weighted by atomic mass is 35.5. The molecule has 7 heteroatoms. The number of amides is 1. The molecule has 0 spiro atoms. The minimum atomic E-state index is -0.581. The molecule has 148 valence electrons. The van der Waals surface area contributed by atoms with Crippen molar-refractivity contribution in [3.8, 4) is 11.1 Å². The van der Waals surface area contributed by atoms with Crippen molar-refractivity contribution in [2.75, 3.05) is 12.4 Å². The van der Waals surface area contributed by atoms with E-state index in [2.05, 4.69) is 5.32 Å². The molecule has 0 aliphatic heterocycles. The highest BCUT2D eigenvalue weighted by Gasteiger charge is 2.24. The van der Waals surface area contributed by atoms with Gasteiger partial charge in [-0.2, -0.15) is 0 Å². The van der Waals surface area contributed by atoms with Crippen molar-refractivity contribution in [2.45, 2.75) is 6.92 Å². The Hall–Kier alpha value is -2.96. The van der Waals surface area contributed by atoms with Gasteiger partial charge in [0.2, 0.25) is 5.91 Å². The van der Waals surface area contributed by atoms with Crippen LogP contribution in [-0.2, 0) is 9.53 Å². The fourth-order valence-electron chi connectivity index (χ4n) is 2.83. The third kappa shape index (κ3) is 4.91. The number of methoxy groups -OCH3 is 1. The first-order valence-electron chi connectivity index (χ1n) is 8.61. The summed E-state index contributed by atoms with van der Waals surface area (Å²) in [5.74, 6) is -1.36. The van der Waals surface area contributed by atoms with Crippen LogP contribution >= 0.6 is 22.9 Å². The molecule has 1 aromatic heterocycles. The monoisotopic (exact) mass is 429 g/mol. The number of rotatable bonds is 5. The van der Waals surface area contributed by atoms with Crippen LogP contribution in [0.5, 0.6) is 0 Å². The minimum absolute atomic E-state index is 0.242. The second kappa shape index (κ2) is 9.03. The Morgan fingerprint density at radius 1 is 1.17 bits per heavy atom. The summed E-state index contributed by atoms with van der Waals surface area (Å²) in [6.07, 6.45) is 2.99. The first kappa shape index (κ1) is 20.8. The summed E-state index contributed by atoms with van der Waals surface area (Å²) in [5, 5.41) is 3.68. The Balaban J connectivity index is 1.92. The van der Waals surface area contributed by atoms with Gasteiger partial charge in [0.1, 0.15) is 16.4 Å². The van der Waals surface area contributed by atoms with E-state index in [1.165, 1.54) is 36.7 Å². The number of hydrogen-bond acceptors (Lipinski definition) is 4. The van der Waals surface area contributed by atoms with Crippen molar-refractivity contribution >= 4 is 45.9 Å². The zero-order valence-corrected chi connectivity index (χ0v) is 17.2. The third-order valence-corrected chi connectivity index (χ3v) is 5.37. The van der Waals surface area contributed by atoms with Crippen LogP contribution in [0.2, 0.25) is 5.02 Å². The van der Waals surface area contributed by atoms with Gasteiger partial charge in [0, 0.05) is 21.5 Å². The normalized spacial score (nSPS) is 10.9. The Labute approximate surface area is 176 Å². The van der Waals surface area contributed by atoms with Crippen molar-refractivity contribution in [2.24, 2.45) is 0 Å². The first-order chi connectivity index (χ1) is 13.9. The smallest absolute Gasteiger partial charge is 0.341 e. The molecule has 0 radical (unpaired) electrons. The summed E-state index contributed by atoms with van der Waals surface area (Å²) in [6.45, 7) is 1.83. The van der Waals surface area contributed by atoms with E-state index in [0.717, 1.165) is 10.4 Å². The summed E-state index contributed by atoms with van der Waals surface area (Å²) < 4.78 is 18.2. The fourth-order valence-corrected chi connectivity index (χ4v) is 4.10. The average molecular weight is 430 g/mol. The SMILES string of the molecule is COC(=O)c1c(NC(=O)/C=C/c2cccc(Cl)c2)sc(C)c1-c1ccc(F)cc1. The standard InChI is InChI=1S/C22H17ClFNO3S/c1-13-19(15-7-9-17(24)10-8-15)20(22(27)28-2)21(29-13)25-18(26)11-6-14-4-3-5-16(23)12-14/h3-12H,1-2H3,(H,25,26)/b11-6+. The molecule has 0 atom stereocenters. The number of nitrogens with one attached hydrogen (secondary N) is 1. The lowest BCUT2D eigenvalue weighted by Crippen LogP contribution is -2.11. The molecule has 0 saturated carbocycles. The average Bonchev–Trinajstić information content (AvgIpc) is 3.02. The van der Waals surface area contributed by atoms with Crippen molar-refractivity contribution in [3.05, 3.63) is 81.5 Å². The molecule has 0 bridgehead atoms. The molecule has 4 nitrogen and oxygen atoms in total. The van der Waals surface area contributed by atoms with Crippen LogP contribution < -0.4 is 5.32 Å². The first-order valence-corrected chi connectivity index (χ1v) is 9.80. The van der Waals surface area contributed by atoms with Crippen molar-refractivity contribution in [3.63, 3.8) is 0 Å². The van der Waals surface area contributed by atoms with E-state index in [-0.39, 0.29) is 11.4 Å². The van der Waals surface area contributed by atoms with Crippen LogP contribution in [0.1, 0.15) is 20.8 Å². The Kier molecular flexibility index (Phi) is 6.46. The van der Waals surface area contributed by atoms with Gasteiger partial charge in [-0.25, -0.2) is 9.18 Å². The van der Waals surface area contributed by atoms with Gasteiger partial charge in [-0.05, 0) is 48.4 Å². The highest BCUT2D eigenvalue weighted by Crippen LogP contribution is 2.40. The number of thiophene rings is 1. The van der Waals surface area contributed by atoms with E-state index in [0.29, 0.717) is 21.2 Å². The van der Waals surface area contributed by atoms with Gasteiger partial charge in [-0.15, -0.1) is 11.3 Å². The highest BCUT2D eigenvalue weighted by molar-refractivity contribution is 7.17. The van der Waals surface area contributed by atoms with E-state index < -0.39 is 11.9 Å².